The second kappa shape index (κ2) is 7.86. The van der Waals surface area contributed by atoms with Crippen molar-refractivity contribution in [3.8, 4) is 0 Å². The summed E-state index contributed by atoms with van der Waals surface area (Å²) in [4.78, 5) is 13.8. The molecule has 2 rings (SSSR count). The molecule has 1 fully saturated rings. The fourth-order valence-corrected chi connectivity index (χ4v) is 3.44. The molecule has 0 spiro atoms. The Morgan fingerprint density at radius 3 is 2.54 bits per heavy atom. The van der Waals surface area contributed by atoms with Crippen LogP contribution in [0.15, 0.2) is 24.3 Å². The van der Waals surface area contributed by atoms with E-state index in [9.17, 15) is 18.0 Å². The SMILES string of the molecule is CNCC(c1ccccc1C(F)(F)F)C1CCN(C(=O)OC(C)(C)C)C1. The van der Waals surface area contributed by atoms with Gasteiger partial charge >= 0.3 is 12.3 Å². The van der Waals surface area contributed by atoms with E-state index < -0.39 is 23.4 Å². The highest BCUT2D eigenvalue weighted by Crippen LogP contribution is 2.39. The Kier molecular flexibility index (Phi) is 6.21. The van der Waals surface area contributed by atoms with Gasteiger partial charge in [-0.25, -0.2) is 4.79 Å². The van der Waals surface area contributed by atoms with Crippen LogP contribution in [0.2, 0.25) is 0 Å². The lowest BCUT2D eigenvalue weighted by molar-refractivity contribution is -0.138. The molecule has 0 aromatic heterocycles. The van der Waals surface area contributed by atoms with Gasteiger partial charge in [-0.2, -0.15) is 13.2 Å². The number of benzene rings is 1. The number of halogens is 3. The summed E-state index contributed by atoms with van der Waals surface area (Å²) in [5.41, 5.74) is -0.913. The van der Waals surface area contributed by atoms with Crippen molar-refractivity contribution >= 4 is 6.09 Å². The number of likely N-dealkylation sites (N-methyl/N-ethyl adjacent to an activating group) is 1. The maximum Gasteiger partial charge on any atom is 0.416 e. The van der Waals surface area contributed by atoms with E-state index in [1.807, 2.05) is 0 Å². The minimum absolute atomic E-state index is 0.0570. The Bertz CT molecular complexity index is 626. The smallest absolute Gasteiger partial charge is 0.416 e. The van der Waals surface area contributed by atoms with Crippen molar-refractivity contribution in [3.05, 3.63) is 35.4 Å². The maximum atomic E-state index is 13.4. The van der Waals surface area contributed by atoms with Gasteiger partial charge in [-0.1, -0.05) is 18.2 Å². The lowest BCUT2D eigenvalue weighted by Gasteiger charge is -2.28. The molecule has 2 atom stereocenters. The van der Waals surface area contributed by atoms with Gasteiger partial charge in [-0.15, -0.1) is 0 Å². The summed E-state index contributed by atoms with van der Waals surface area (Å²) in [6.45, 7) is 6.69. The predicted molar refractivity (Wildman–Crippen MR) is 94.0 cm³/mol. The van der Waals surface area contributed by atoms with Gasteiger partial charge in [-0.3, -0.25) is 0 Å². The number of carbonyl (C=O) groups is 1. The molecule has 4 nitrogen and oxygen atoms in total. The lowest BCUT2D eigenvalue weighted by atomic mass is 9.82. The Morgan fingerprint density at radius 1 is 1.31 bits per heavy atom. The quantitative estimate of drug-likeness (QED) is 0.858. The summed E-state index contributed by atoms with van der Waals surface area (Å²) >= 11 is 0. The van der Waals surface area contributed by atoms with Crippen LogP contribution >= 0.6 is 0 Å². The van der Waals surface area contributed by atoms with Gasteiger partial charge in [0, 0.05) is 25.6 Å². The van der Waals surface area contributed by atoms with E-state index in [4.69, 9.17) is 4.74 Å². The number of nitrogens with zero attached hydrogens (tertiary/aromatic N) is 1. The Hall–Kier alpha value is -1.76. The van der Waals surface area contributed by atoms with E-state index in [1.54, 1.807) is 44.9 Å². The Labute approximate surface area is 152 Å². The topological polar surface area (TPSA) is 41.6 Å². The third-order valence-electron chi connectivity index (χ3n) is 4.54. The number of alkyl halides is 3. The van der Waals surface area contributed by atoms with Gasteiger partial charge in [0.2, 0.25) is 0 Å². The average Bonchev–Trinajstić information content (AvgIpc) is 3.00. The van der Waals surface area contributed by atoms with Crippen molar-refractivity contribution in [2.24, 2.45) is 5.92 Å². The van der Waals surface area contributed by atoms with E-state index in [2.05, 4.69) is 5.32 Å². The van der Waals surface area contributed by atoms with E-state index >= 15 is 0 Å². The number of rotatable bonds is 4. The average molecular weight is 372 g/mol. The van der Waals surface area contributed by atoms with Crippen LogP contribution in [0.4, 0.5) is 18.0 Å². The van der Waals surface area contributed by atoms with Crippen LogP contribution in [0.3, 0.4) is 0 Å². The van der Waals surface area contributed by atoms with Crippen LogP contribution in [-0.2, 0) is 10.9 Å². The third kappa shape index (κ3) is 5.13. The van der Waals surface area contributed by atoms with Crippen molar-refractivity contribution in [2.45, 2.75) is 44.9 Å². The molecule has 7 heteroatoms. The third-order valence-corrected chi connectivity index (χ3v) is 4.54. The van der Waals surface area contributed by atoms with Gasteiger partial charge in [0.25, 0.3) is 0 Å². The van der Waals surface area contributed by atoms with Crippen molar-refractivity contribution in [1.29, 1.82) is 0 Å². The first kappa shape index (κ1) is 20.6. The van der Waals surface area contributed by atoms with E-state index in [-0.39, 0.29) is 17.4 Å². The van der Waals surface area contributed by atoms with Crippen LogP contribution in [0.25, 0.3) is 0 Å². The molecule has 1 aromatic carbocycles. The summed E-state index contributed by atoms with van der Waals surface area (Å²) in [6, 6.07) is 5.71. The normalized spacial score (nSPS) is 19.5. The Balaban J connectivity index is 2.21. The highest BCUT2D eigenvalue weighted by Gasteiger charge is 2.39. The zero-order valence-corrected chi connectivity index (χ0v) is 15.7. The van der Waals surface area contributed by atoms with Crippen molar-refractivity contribution in [1.82, 2.24) is 10.2 Å². The molecule has 0 bridgehead atoms. The summed E-state index contributed by atoms with van der Waals surface area (Å²) in [5.74, 6) is -0.385. The molecule has 2 unspecified atom stereocenters. The molecule has 26 heavy (non-hydrogen) atoms. The van der Waals surface area contributed by atoms with Gasteiger partial charge < -0.3 is 15.0 Å². The largest absolute Gasteiger partial charge is 0.444 e. The second-order valence-corrected chi connectivity index (χ2v) is 7.72. The molecule has 1 heterocycles. The van der Waals surface area contributed by atoms with Gasteiger partial charge in [0.15, 0.2) is 0 Å². The molecular formula is C19H27F3N2O2. The van der Waals surface area contributed by atoms with Crippen molar-refractivity contribution in [2.75, 3.05) is 26.7 Å². The fourth-order valence-electron chi connectivity index (χ4n) is 3.44. The molecule has 0 radical (unpaired) electrons. The van der Waals surface area contributed by atoms with Crippen LogP contribution in [0.1, 0.15) is 44.2 Å². The van der Waals surface area contributed by atoms with Gasteiger partial charge in [0.1, 0.15) is 5.60 Å². The highest BCUT2D eigenvalue weighted by molar-refractivity contribution is 5.68. The summed E-state index contributed by atoms with van der Waals surface area (Å²) in [7, 11) is 1.73. The molecule has 0 saturated carbocycles. The van der Waals surface area contributed by atoms with Crippen LogP contribution in [0, 0.1) is 5.92 Å². The predicted octanol–water partition coefficient (Wildman–Crippen LogP) is 4.27. The van der Waals surface area contributed by atoms with Crippen molar-refractivity contribution in [3.63, 3.8) is 0 Å². The van der Waals surface area contributed by atoms with E-state index in [0.717, 1.165) is 6.07 Å². The number of carbonyl (C=O) groups excluding carboxylic acids is 1. The van der Waals surface area contributed by atoms with Gasteiger partial charge in [-0.05, 0) is 51.8 Å². The number of hydrogen-bond donors (Lipinski definition) is 1. The maximum absolute atomic E-state index is 13.4. The molecule has 0 aliphatic carbocycles. The standard InChI is InChI=1S/C19H27F3N2O2/c1-18(2,3)26-17(25)24-10-9-13(12-24)15(11-23-4)14-7-5-6-8-16(14)19(20,21)22/h5-8,13,15,23H,9-12H2,1-4H3. The zero-order valence-electron chi connectivity index (χ0n) is 15.7. The number of likely N-dealkylation sites (tertiary alicyclic amines) is 1. The van der Waals surface area contributed by atoms with E-state index in [1.165, 1.54) is 6.07 Å². The first-order valence-corrected chi connectivity index (χ1v) is 8.81. The molecule has 1 aromatic rings. The summed E-state index contributed by atoms with van der Waals surface area (Å²) < 4.78 is 45.6. The minimum Gasteiger partial charge on any atom is -0.444 e. The number of amides is 1. The number of hydrogen-bond acceptors (Lipinski definition) is 3. The van der Waals surface area contributed by atoms with Crippen LogP contribution < -0.4 is 5.32 Å². The minimum atomic E-state index is -4.40. The number of nitrogens with one attached hydrogen (secondary N) is 1. The molecule has 1 aliphatic rings. The van der Waals surface area contributed by atoms with Crippen LogP contribution in [0.5, 0.6) is 0 Å². The first-order valence-electron chi connectivity index (χ1n) is 8.81. The molecule has 1 saturated heterocycles. The lowest BCUT2D eigenvalue weighted by Crippen LogP contribution is -2.36. The molecular weight excluding hydrogens is 345 g/mol. The summed E-state index contributed by atoms with van der Waals surface area (Å²) in [5, 5.41) is 3.00. The fraction of sp³-hybridized carbons (Fsp3) is 0.632. The van der Waals surface area contributed by atoms with Crippen molar-refractivity contribution < 1.29 is 22.7 Å². The van der Waals surface area contributed by atoms with Crippen LogP contribution in [-0.4, -0.2) is 43.3 Å². The monoisotopic (exact) mass is 372 g/mol. The zero-order chi connectivity index (χ0) is 19.5. The molecule has 146 valence electrons. The molecule has 1 aliphatic heterocycles. The molecule has 1 amide bonds. The van der Waals surface area contributed by atoms with E-state index in [0.29, 0.717) is 26.1 Å². The highest BCUT2D eigenvalue weighted by atomic mass is 19.4. The van der Waals surface area contributed by atoms with Gasteiger partial charge in [0.05, 0.1) is 5.56 Å². The second-order valence-electron chi connectivity index (χ2n) is 7.72. The number of ether oxygens (including phenoxy) is 1. The summed E-state index contributed by atoms with van der Waals surface area (Å²) in [6.07, 6.45) is -4.16. The Morgan fingerprint density at radius 2 is 1.96 bits per heavy atom. The molecule has 1 N–H and O–H groups in total. The first-order chi connectivity index (χ1) is 12.0.